The van der Waals surface area contributed by atoms with Crippen molar-refractivity contribution in [3.63, 3.8) is 0 Å². The molecule has 0 aliphatic heterocycles. The Morgan fingerprint density at radius 1 is 1.15 bits per heavy atom. The Hall–Kier alpha value is -2.62. The Bertz CT molecular complexity index is 645. The average molecular weight is 269 g/mol. The van der Waals surface area contributed by atoms with Crippen molar-refractivity contribution in [2.24, 2.45) is 0 Å². The quantitative estimate of drug-likeness (QED) is 0.589. The van der Waals surface area contributed by atoms with Crippen LogP contribution >= 0.6 is 0 Å². The SMILES string of the molecule is CN/C=C\C(=N)c1cc(-c2ccc(F)cc2)ccc1N. The summed E-state index contributed by atoms with van der Waals surface area (Å²) in [6, 6.07) is 11.7. The first kappa shape index (κ1) is 13.8. The van der Waals surface area contributed by atoms with Crippen molar-refractivity contribution < 1.29 is 4.39 Å². The second-order valence-electron chi connectivity index (χ2n) is 4.34. The summed E-state index contributed by atoms with van der Waals surface area (Å²) in [4.78, 5) is 0. The lowest BCUT2D eigenvalue weighted by molar-refractivity contribution is 0.628. The van der Waals surface area contributed by atoms with Crippen LogP contribution in [0.2, 0.25) is 0 Å². The highest BCUT2D eigenvalue weighted by Crippen LogP contribution is 2.24. The van der Waals surface area contributed by atoms with E-state index in [9.17, 15) is 4.39 Å². The highest BCUT2D eigenvalue weighted by atomic mass is 19.1. The molecule has 0 atom stereocenters. The third-order valence-corrected chi connectivity index (χ3v) is 2.94. The number of benzene rings is 2. The number of nitrogens with two attached hydrogens (primary N) is 1. The number of nitrogens with one attached hydrogen (secondary N) is 2. The molecule has 0 amide bonds. The first-order valence-corrected chi connectivity index (χ1v) is 6.20. The molecule has 0 heterocycles. The van der Waals surface area contributed by atoms with E-state index in [1.807, 2.05) is 12.1 Å². The summed E-state index contributed by atoms with van der Waals surface area (Å²) >= 11 is 0. The van der Waals surface area contributed by atoms with Crippen LogP contribution in [0, 0.1) is 11.2 Å². The average Bonchev–Trinajstić information content (AvgIpc) is 2.46. The van der Waals surface area contributed by atoms with E-state index >= 15 is 0 Å². The van der Waals surface area contributed by atoms with Crippen molar-refractivity contribution in [2.75, 3.05) is 12.8 Å². The Labute approximate surface area is 117 Å². The Morgan fingerprint density at radius 2 is 1.80 bits per heavy atom. The molecule has 4 heteroatoms. The topological polar surface area (TPSA) is 61.9 Å². The first-order valence-electron chi connectivity index (χ1n) is 6.20. The molecule has 20 heavy (non-hydrogen) atoms. The van der Waals surface area contributed by atoms with E-state index in [2.05, 4.69) is 5.32 Å². The molecule has 102 valence electrons. The molecule has 3 nitrogen and oxygen atoms in total. The number of hydrogen-bond acceptors (Lipinski definition) is 3. The van der Waals surface area contributed by atoms with Crippen molar-refractivity contribution >= 4 is 11.4 Å². The summed E-state index contributed by atoms with van der Waals surface area (Å²) in [5.41, 5.74) is 9.21. The first-order chi connectivity index (χ1) is 9.61. The molecule has 4 N–H and O–H groups in total. The standard InChI is InChI=1S/C16H16FN3/c1-20-9-8-16(19)14-10-12(4-7-15(14)18)11-2-5-13(17)6-3-11/h2-10,19-20H,18H2,1H3/b9-8-,19-16?. The molecular weight excluding hydrogens is 253 g/mol. The fourth-order valence-electron chi connectivity index (χ4n) is 1.87. The van der Waals surface area contributed by atoms with Gasteiger partial charge in [0.15, 0.2) is 0 Å². The minimum Gasteiger partial charge on any atom is -0.398 e. The summed E-state index contributed by atoms with van der Waals surface area (Å²) in [5, 5.41) is 10.8. The maximum absolute atomic E-state index is 12.9. The zero-order chi connectivity index (χ0) is 14.5. The van der Waals surface area contributed by atoms with E-state index in [1.54, 1.807) is 37.5 Å². The minimum absolute atomic E-state index is 0.269. The summed E-state index contributed by atoms with van der Waals surface area (Å²) in [7, 11) is 1.77. The van der Waals surface area contributed by atoms with Crippen LogP contribution in [0.4, 0.5) is 10.1 Å². The van der Waals surface area contributed by atoms with Gasteiger partial charge in [-0.2, -0.15) is 0 Å². The smallest absolute Gasteiger partial charge is 0.123 e. The lowest BCUT2D eigenvalue weighted by Gasteiger charge is -2.08. The Balaban J connectivity index is 2.40. The van der Waals surface area contributed by atoms with Crippen LogP contribution in [-0.2, 0) is 0 Å². The van der Waals surface area contributed by atoms with Gasteiger partial charge in [0.05, 0.1) is 5.71 Å². The van der Waals surface area contributed by atoms with Crippen molar-refractivity contribution in [3.8, 4) is 11.1 Å². The molecule has 0 aromatic heterocycles. The van der Waals surface area contributed by atoms with Gasteiger partial charge in [-0.15, -0.1) is 0 Å². The summed E-state index contributed by atoms with van der Waals surface area (Å²) in [5.74, 6) is -0.269. The summed E-state index contributed by atoms with van der Waals surface area (Å²) in [6.45, 7) is 0. The van der Waals surface area contributed by atoms with Crippen LogP contribution < -0.4 is 11.1 Å². The zero-order valence-corrected chi connectivity index (χ0v) is 11.2. The lowest BCUT2D eigenvalue weighted by Crippen LogP contribution is -2.03. The van der Waals surface area contributed by atoms with Gasteiger partial charge in [0.25, 0.3) is 0 Å². The molecule has 0 saturated heterocycles. The molecule has 2 aromatic rings. The number of nitrogen functional groups attached to an aromatic ring is 1. The zero-order valence-electron chi connectivity index (χ0n) is 11.2. The van der Waals surface area contributed by atoms with E-state index in [0.29, 0.717) is 17.0 Å². The number of allylic oxidation sites excluding steroid dienone is 1. The normalized spacial score (nSPS) is 10.7. The fraction of sp³-hybridized carbons (Fsp3) is 0.0625. The minimum atomic E-state index is -0.269. The highest BCUT2D eigenvalue weighted by molar-refractivity contribution is 6.10. The van der Waals surface area contributed by atoms with Crippen molar-refractivity contribution in [2.45, 2.75) is 0 Å². The van der Waals surface area contributed by atoms with Gasteiger partial charge in [-0.25, -0.2) is 4.39 Å². The predicted molar refractivity (Wildman–Crippen MR) is 81.3 cm³/mol. The monoisotopic (exact) mass is 269 g/mol. The van der Waals surface area contributed by atoms with Crippen LogP contribution in [-0.4, -0.2) is 12.8 Å². The van der Waals surface area contributed by atoms with Gasteiger partial charge in [0, 0.05) is 18.3 Å². The Kier molecular flexibility index (Phi) is 4.15. The lowest BCUT2D eigenvalue weighted by atomic mass is 9.99. The van der Waals surface area contributed by atoms with Crippen molar-refractivity contribution in [1.29, 1.82) is 5.41 Å². The van der Waals surface area contributed by atoms with E-state index in [0.717, 1.165) is 11.1 Å². The molecule has 2 aromatic carbocycles. The highest BCUT2D eigenvalue weighted by Gasteiger charge is 2.06. The molecule has 0 saturated carbocycles. The van der Waals surface area contributed by atoms with Crippen LogP contribution in [0.1, 0.15) is 5.56 Å². The molecule has 2 rings (SSSR count). The number of halogens is 1. The molecule has 0 unspecified atom stereocenters. The Morgan fingerprint density at radius 3 is 2.45 bits per heavy atom. The number of anilines is 1. The van der Waals surface area contributed by atoms with Crippen LogP contribution in [0.15, 0.2) is 54.7 Å². The van der Waals surface area contributed by atoms with E-state index in [4.69, 9.17) is 11.1 Å². The van der Waals surface area contributed by atoms with Gasteiger partial charge >= 0.3 is 0 Å². The third kappa shape index (κ3) is 3.03. The molecule has 0 fully saturated rings. The molecule has 0 aliphatic carbocycles. The van der Waals surface area contributed by atoms with Crippen molar-refractivity contribution in [3.05, 3.63) is 66.1 Å². The van der Waals surface area contributed by atoms with E-state index < -0.39 is 0 Å². The fourth-order valence-corrected chi connectivity index (χ4v) is 1.87. The van der Waals surface area contributed by atoms with Gasteiger partial charge < -0.3 is 16.5 Å². The molecule has 0 spiro atoms. The maximum Gasteiger partial charge on any atom is 0.123 e. The van der Waals surface area contributed by atoms with Crippen LogP contribution in [0.3, 0.4) is 0 Å². The second kappa shape index (κ2) is 6.02. The molecule has 0 radical (unpaired) electrons. The molecule has 0 bridgehead atoms. The van der Waals surface area contributed by atoms with Crippen molar-refractivity contribution in [1.82, 2.24) is 5.32 Å². The van der Waals surface area contributed by atoms with Gasteiger partial charge in [-0.1, -0.05) is 18.2 Å². The van der Waals surface area contributed by atoms with Crippen LogP contribution in [0.5, 0.6) is 0 Å². The van der Waals surface area contributed by atoms with Gasteiger partial charge in [0.2, 0.25) is 0 Å². The summed E-state index contributed by atoms with van der Waals surface area (Å²) in [6.07, 6.45) is 3.31. The summed E-state index contributed by atoms with van der Waals surface area (Å²) < 4.78 is 12.9. The largest absolute Gasteiger partial charge is 0.398 e. The van der Waals surface area contributed by atoms with Crippen LogP contribution in [0.25, 0.3) is 11.1 Å². The molecule has 0 aliphatic rings. The second-order valence-corrected chi connectivity index (χ2v) is 4.34. The van der Waals surface area contributed by atoms with E-state index in [1.165, 1.54) is 12.1 Å². The predicted octanol–water partition coefficient (Wildman–Crippen LogP) is 3.18. The van der Waals surface area contributed by atoms with Gasteiger partial charge in [-0.3, -0.25) is 0 Å². The third-order valence-electron chi connectivity index (χ3n) is 2.94. The maximum atomic E-state index is 12.9. The number of hydrogen-bond donors (Lipinski definition) is 3. The van der Waals surface area contributed by atoms with E-state index in [-0.39, 0.29) is 5.82 Å². The van der Waals surface area contributed by atoms with Gasteiger partial charge in [0.1, 0.15) is 5.82 Å². The number of rotatable bonds is 4. The molecular formula is C16H16FN3. The van der Waals surface area contributed by atoms with Gasteiger partial charge in [-0.05, 0) is 47.7 Å².